The fourth-order valence-electron chi connectivity index (χ4n) is 3.74. The molecule has 1 aromatic heterocycles. The number of hydrogen-bond donors (Lipinski definition) is 1. The van der Waals surface area contributed by atoms with Gasteiger partial charge in [0.2, 0.25) is 5.91 Å². The highest BCUT2D eigenvalue weighted by Crippen LogP contribution is 2.26. The topological polar surface area (TPSA) is 93.4 Å². The van der Waals surface area contributed by atoms with E-state index in [2.05, 4.69) is 21.2 Å². The minimum absolute atomic E-state index is 0.0239. The molecule has 0 aliphatic carbocycles. The summed E-state index contributed by atoms with van der Waals surface area (Å²) in [5, 5.41) is 2.71. The highest BCUT2D eigenvalue weighted by molar-refractivity contribution is 9.10. The van der Waals surface area contributed by atoms with E-state index in [1.165, 1.54) is 16.8 Å². The van der Waals surface area contributed by atoms with E-state index in [0.717, 1.165) is 8.78 Å². The number of rotatable bonds is 7. The largest absolute Gasteiger partial charge is 0.324 e. The summed E-state index contributed by atoms with van der Waals surface area (Å²) in [5.41, 5.74) is 0.821. The number of anilines is 2. The SMILES string of the molecule is Cc1c(N(CC(=O)Nc2cccc(Br)c2)S(=O)(=O)c2ccccc2)c(=O)n(-c2ccccc2)n1C. The molecule has 10 heteroatoms. The van der Waals surface area contributed by atoms with Crippen LogP contribution in [0.5, 0.6) is 0 Å². The van der Waals surface area contributed by atoms with Gasteiger partial charge in [-0.15, -0.1) is 0 Å². The predicted molar refractivity (Wildman–Crippen MR) is 139 cm³/mol. The molecule has 1 heterocycles. The first-order valence-electron chi connectivity index (χ1n) is 10.7. The number of sulfonamides is 1. The van der Waals surface area contributed by atoms with Crippen LogP contribution in [0.15, 0.2) is 99.1 Å². The highest BCUT2D eigenvalue weighted by Gasteiger charge is 2.33. The lowest BCUT2D eigenvalue weighted by molar-refractivity contribution is -0.114. The lowest BCUT2D eigenvalue weighted by atomic mass is 10.3. The molecule has 0 unspecified atom stereocenters. The minimum atomic E-state index is -4.24. The Bertz CT molecular complexity index is 1530. The zero-order valence-corrected chi connectivity index (χ0v) is 21.5. The maximum absolute atomic E-state index is 13.7. The van der Waals surface area contributed by atoms with Crippen LogP contribution < -0.4 is 15.2 Å². The Balaban J connectivity index is 1.83. The third-order valence-corrected chi connectivity index (χ3v) is 7.75. The van der Waals surface area contributed by atoms with Gasteiger partial charge in [-0.05, 0) is 49.4 Å². The Hall–Kier alpha value is -3.63. The lowest BCUT2D eigenvalue weighted by Crippen LogP contribution is -2.41. The lowest BCUT2D eigenvalue weighted by Gasteiger charge is -2.23. The average Bonchev–Trinajstić information content (AvgIpc) is 3.06. The molecule has 4 rings (SSSR count). The molecule has 180 valence electrons. The first-order chi connectivity index (χ1) is 16.7. The zero-order chi connectivity index (χ0) is 25.2. The van der Waals surface area contributed by atoms with Crippen molar-refractivity contribution in [3.05, 3.63) is 105 Å². The van der Waals surface area contributed by atoms with Gasteiger partial charge in [-0.3, -0.25) is 14.3 Å². The van der Waals surface area contributed by atoms with Gasteiger partial charge >= 0.3 is 0 Å². The van der Waals surface area contributed by atoms with E-state index in [4.69, 9.17) is 0 Å². The molecule has 1 amide bonds. The molecule has 0 radical (unpaired) electrons. The summed E-state index contributed by atoms with van der Waals surface area (Å²) in [6.45, 7) is 1.06. The summed E-state index contributed by atoms with van der Waals surface area (Å²) < 4.78 is 32.0. The molecule has 0 saturated carbocycles. The monoisotopic (exact) mass is 554 g/mol. The number of carbonyl (C=O) groups excluding carboxylic acids is 1. The fourth-order valence-corrected chi connectivity index (χ4v) is 5.64. The Morgan fingerprint density at radius 2 is 1.60 bits per heavy atom. The molecule has 0 fully saturated rings. The average molecular weight is 555 g/mol. The van der Waals surface area contributed by atoms with E-state index in [9.17, 15) is 18.0 Å². The van der Waals surface area contributed by atoms with E-state index >= 15 is 0 Å². The molecule has 0 spiro atoms. The van der Waals surface area contributed by atoms with Gasteiger partial charge in [0.25, 0.3) is 15.6 Å². The molecule has 35 heavy (non-hydrogen) atoms. The maximum atomic E-state index is 13.7. The van der Waals surface area contributed by atoms with Crippen LogP contribution in [0.1, 0.15) is 5.69 Å². The normalized spacial score (nSPS) is 11.3. The predicted octanol–water partition coefficient (Wildman–Crippen LogP) is 4.08. The molecule has 0 bridgehead atoms. The second kappa shape index (κ2) is 9.93. The molecule has 1 N–H and O–H groups in total. The van der Waals surface area contributed by atoms with Crippen molar-refractivity contribution >= 4 is 43.2 Å². The quantitative estimate of drug-likeness (QED) is 0.372. The Morgan fingerprint density at radius 1 is 0.971 bits per heavy atom. The molecule has 0 saturated heterocycles. The Morgan fingerprint density at radius 3 is 2.23 bits per heavy atom. The number of carbonyl (C=O) groups is 1. The van der Waals surface area contributed by atoms with Gasteiger partial charge in [0.15, 0.2) is 0 Å². The number of nitrogens with one attached hydrogen (secondary N) is 1. The highest BCUT2D eigenvalue weighted by atomic mass is 79.9. The van der Waals surface area contributed by atoms with E-state index in [1.807, 2.05) is 6.07 Å². The Labute approximate surface area is 211 Å². The van der Waals surface area contributed by atoms with E-state index in [0.29, 0.717) is 17.1 Å². The summed E-state index contributed by atoms with van der Waals surface area (Å²) >= 11 is 3.35. The van der Waals surface area contributed by atoms with Crippen molar-refractivity contribution in [1.29, 1.82) is 0 Å². The van der Waals surface area contributed by atoms with Crippen molar-refractivity contribution in [2.45, 2.75) is 11.8 Å². The van der Waals surface area contributed by atoms with Crippen LogP contribution in [0.25, 0.3) is 5.69 Å². The fraction of sp³-hybridized carbons (Fsp3) is 0.120. The van der Waals surface area contributed by atoms with Gasteiger partial charge in [-0.1, -0.05) is 58.4 Å². The van der Waals surface area contributed by atoms with Gasteiger partial charge in [0.05, 0.1) is 16.3 Å². The van der Waals surface area contributed by atoms with E-state index < -0.39 is 28.0 Å². The summed E-state index contributed by atoms with van der Waals surface area (Å²) in [4.78, 5) is 26.6. The van der Waals surface area contributed by atoms with Crippen LogP contribution >= 0.6 is 15.9 Å². The van der Waals surface area contributed by atoms with Crippen molar-refractivity contribution < 1.29 is 13.2 Å². The third kappa shape index (κ3) is 4.94. The van der Waals surface area contributed by atoms with Gasteiger partial charge < -0.3 is 5.32 Å². The zero-order valence-electron chi connectivity index (χ0n) is 19.1. The second-order valence-corrected chi connectivity index (χ2v) is 10.6. The molecule has 0 aliphatic heterocycles. The van der Waals surface area contributed by atoms with Gasteiger partial charge in [0, 0.05) is 17.2 Å². The van der Waals surface area contributed by atoms with Gasteiger partial charge in [-0.2, -0.15) is 0 Å². The Kier molecular flexibility index (Phi) is 6.95. The first kappa shape index (κ1) is 24.5. The van der Waals surface area contributed by atoms with Gasteiger partial charge in [-0.25, -0.2) is 17.4 Å². The summed E-state index contributed by atoms with van der Waals surface area (Å²) in [7, 11) is -2.57. The number of nitrogens with zero attached hydrogens (tertiary/aromatic N) is 3. The number of hydrogen-bond acceptors (Lipinski definition) is 4. The summed E-state index contributed by atoms with van der Waals surface area (Å²) in [5.74, 6) is -0.587. The van der Waals surface area contributed by atoms with Crippen molar-refractivity contribution in [2.75, 3.05) is 16.2 Å². The number of amides is 1. The second-order valence-electron chi connectivity index (χ2n) is 7.79. The molecule has 0 aliphatic rings. The van der Waals surface area contributed by atoms with E-state index in [1.54, 1.807) is 85.4 Å². The number of benzene rings is 3. The molecule has 4 aromatic rings. The first-order valence-corrected chi connectivity index (χ1v) is 12.9. The third-order valence-electron chi connectivity index (χ3n) is 5.50. The summed E-state index contributed by atoms with van der Waals surface area (Å²) in [6, 6.07) is 23.6. The van der Waals surface area contributed by atoms with Crippen molar-refractivity contribution in [2.24, 2.45) is 7.05 Å². The van der Waals surface area contributed by atoms with Crippen LogP contribution in [-0.2, 0) is 21.9 Å². The van der Waals surface area contributed by atoms with Crippen LogP contribution in [0.4, 0.5) is 11.4 Å². The smallest absolute Gasteiger partial charge is 0.296 e. The standard InChI is InChI=1S/C25H23BrN4O4S/c1-18-24(25(32)30(28(18)2)21-12-5-3-6-13-21)29(35(33,34)22-14-7-4-8-15-22)17-23(31)27-20-11-9-10-19(26)16-20/h3-16H,17H2,1-2H3,(H,27,31). The van der Waals surface area contributed by atoms with Crippen LogP contribution in [0, 0.1) is 6.92 Å². The molecule has 0 atom stereocenters. The van der Waals surface area contributed by atoms with Crippen LogP contribution in [0.3, 0.4) is 0 Å². The van der Waals surface area contributed by atoms with Crippen molar-refractivity contribution in [3.63, 3.8) is 0 Å². The van der Waals surface area contributed by atoms with Crippen molar-refractivity contribution in [1.82, 2.24) is 9.36 Å². The van der Waals surface area contributed by atoms with E-state index in [-0.39, 0.29) is 10.6 Å². The molecular formula is C25H23BrN4O4S. The number of para-hydroxylation sites is 1. The maximum Gasteiger partial charge on any atom is 0.296 e. The minimum Gasteiger partial charge on any atom is -0.324 e. The molecular weight excluding hydrogens is 532 g/mol. The van der Waals surface area contributed by atoms with Crippen LogP contribution in [0.2, 0.25) is 0 Å². The van der Waals surface area contributed by atoms with Crippen LogP contribution in [-0.4, -0.2) is 30.2 Å². The number of aromatic nitrogens is 2. The van der Waals surface area contributed by atoms with Gasteiger partial charge in [0.1, 0.15) is 12.2 Å². The molecule has 3 aromatic carbocycles. The summed E-state index contributed by atoms with van der Waals surface area (Å²) in [6.07, 6.45) is 0. The molecule has 8 nitrogen and oxygen atoms in total. The number of halogens is 1. The van der Waals surface area contributed by atoms with Crippen molar-refractivity contribution in [3.8, 4) is 5.69 Å².